The van der Waals surface area contributed by atoms with Gasteiger partial charge >= 0.3 is 0 Å². The van der Waals surface area contributed by atoms with Crippen LogP contribution in [0.2, 0.25) is 0 Å². The van der Waals surface area contributed by atoms with Crippen LogP contribution in [0.5, 0.6) is 0 Å². The standard InChI is InChI=1S/C14H23N5O/c1-10(2)7-19-14(15-9-17-19)5-13(20)12-6-16-18(8-12)11(3)4/h6,8-11,13,20H,5,7H2,1-4H3. The maximum Gasteiger partial charge on any atom is 0.138 e. The highest BCUT2D eigenvalue weighted by molar-refractivity contribution is 5.10. The zero-order chi connectivity index (χ0) is 14.7. The second kappa shape index (κ2) is 6.17. The molecule has 0 bridgehead atoms. The van der Waals surface area contributed by atoms with E-state index in [2.05, 4.69) is 42.9 Å². The lowest BCUT2D eigenvalue weighted by molar-refractivity contribution is 0.173. The normalized spacial score (nSPS) is 13.3. The molecule has 6 heteroatoms. The summed E-state index contributed by atoms with van der Waals surface area (Å²) in [6, 6.07) is 0.292. The first kappa shape index (κ1) is 14.7. The highest BCUT2D eigenvalue weighted by Crippen LogP contribution is 2.18. The van der Waals surface area contributed by atoms with Gasteiger partial charge in [0.25, 0.3) is 0 Å². The van der Waals surface area contributed by atoms with Crippen LogP contribution in [0.4, 0.5) is 0 Å². The average molecular weight is 277 g/mol. The number of hydrogen-bond acceptors (Lipinski definition) is 4. The Kier molecular flexibility index (Phi) is 4.54. The molecule has 0 radical (unpaired) electrons. The molecule has 0 aromatic carbocycles. The molecule has 2 aromatic heterocycles. The molecule has 0 aliphatic heterocycles. The van der Waals surface area contributed by atoms with Crippen molar-refractivity contribution in [2.24, 2.45) is 5.92 Å². The SMILES string of the molecule is CC(C)Cn1ncnc1CC(O)c1cnn(C(C)C)c1. The Morgan fingerprint density at radius 3 is 2.55 bits per heavy atom. The van der Waals surface area contributed by atoms with Gasteiger partial charge in [-0.25, -0.2) is 9.67 Å². The van der Waals surface area contributed by atoms with Crippen LogP contribution in [0.3, 0.4) is 0 Å². The Balaban J connectivity index is 2.07. The van der Waals surface area contributed by atoms with Gasteiger partial charge in [0.05, 0.1) is 12.3 Å². The van der Waals surface area contributed by atoms with Crippen molar-refractivity contribution < 1.29 is 5.11 Å². The average Bonchev–Trinajstić information content (AvgIpc) is 2.98. The van der Waals surface area contributed by atoms with Crippen molar-refractivity contribution in [1.82, 2.24) is 24.5 Å². The number of nitrogens with zero attached hydrogens (tertiary/aromatic N) is 5. The quantitative estimate of drug-likeness (QED) is 0.876. The Morgan fingerprint density at radius 1 is 1.20 bits per heavy atom. The van der Waals surface area contributed by atoms with E-state index in [0.29, 0.717) is 18.4 Å². The van der Waals surface area contributed by atoms with E-state index in [-0.39, 0.29) is 0 Å². The summed E-state index contributed by atoms with van der Waals surface area (Å²) < 4.78 is 3.71. The molecule has 0 saturated heterocycles. The van der Waals surface area contributed by atoms with E-state index >= 15 is 0 Å². The molecule has 0 saturated carbocycles. The second-order valence-corrected chi connectivity index (χ2v) is 5.82. The number of aliphatic hydroxyl groups excluding tert-OH is 1. The molecule has 1 N–H and O–H groups in total. The molecular weight excluding hydrogens is 254 g/mol. The summed E-state index contributed by atoms with van der Waals surface area (Å²) >= 11 is 0. The molecular formula is C14H23N5O. The van der Waals surface area contributed by atoms with E-state index in [1.54, 1.807) is 12.5 Å². The van der Waals surface area contributed by atoms with Gasteiger partial charge in [-0.3, -0.25) is 4.68 Å². The van der Waals surface area contributed by atoms with Crippen LogP contribution in [0.1, 0.15) is 51.2 Å². The summed E-state index contributed by atoms with van der Waals surface area (Å²) in [5.74, 6) is 1.31. The molecule has 2 rings (SSSR count). The maximum atomic E-state index is 10.3. The Hall–Kier alpha value is -1.69. The topological polar surface area (TPSA) is 68.8 Å². The molecule has 0 amide bonds. The van der Waals surface area contributed by atoms with E-state index < -0.39 is 6.10 Å². The van der Waals surface area contributed by atoms with E-state index in [4.69, 9.17) is 0 Å². The van der Waals surface area contributed by atoms with Crippen LogP contribution < -0.4 is 0 Å². The van der Waals surface area contributed by atoms with Gasteiger partial charge in [-0.05, 0) is 19.8 Å². The highest BCUT2D eigenvalue weighted by Gasteiger charge is 2.16. The van der Waals surface area contributed by atoms with Crippen molar-refractivity contribution >= 4 is 0 Å². The number of aromatic nitrogens is 5. The minimum absolute atomic E-state index is 0.292. The van der Waals surface area contributed by atoms with Crippen molar-refractivity contribution in [1.29, 1.82) is 0 Å². The van der Waals surface area contributed by atoms with Gasteiger partial charge in [0, 0.05) is 30.8 Å². The molecule has 0 aliphatic rings. The van der Waals surface area contributed by atoms with Crippen LogP contribution in [-0.4, -0.2) is 29.7 Å². The van der Waals surface area contributed by atoms with Crippen molar-refractivity contribution in [3.63, 3.8) is 0 Å². The Labute approximate surface area is 119 Å². The minimum atomic E-state index is -0.599. The number of aliphatic hydroxyl groups is 1. The fourth-order valence-electron chi connectivity index (χ4n) is 2.04. The Morgan fingerprint density at radius 2 is 1.95 bits per heavy atom. The van der Waals surface area contributed by atoms with Crippen molar-refractivity contribution in [3.8, 4) is 0 Å². The van der Waals surface area contributed by atoms with Crippen molar-refractivity contribution in [2.45, 2.75) is 52.8 Å². The molecule has 20 heavy (non-hydrogen) atoms. The highest BCUT2D eigenvalue weighted by atomic mass is 16.3. The first-order valence-corrected chi connectivity index (χ1v) is 7.06. The smallest absolute Gasteiger partial charge is 0.138 e. The van der Waals surface area contributed by atoms with Gasteiger partial charge in [-0.2, -0.15) is 10.2 Å². The lowest BCUT2D eigenvalue weighted by atomic mass is 10.1. The number of rotatable bonds is 6. The lowest BCUT2D eigenvalue weighted by Gasteiger charge is -2.11. The molecule has 1 atom stereocenters. The molecule has 0 aliphatic carbocycles. The van der Waals surface area contributed by atoms with E-state index in [1.807, 2.05) is 15.6 Å². The first-order valence-electron chi connectivity index (χ1n) is 7.06. The zero-order valence-corrected chi connectivity index (χ0v) is 12.6. The predicted molar refractivity (Wildman–Crippen MR) is 76.1 cm³/mol. The first-order chi connectivity index (χ1) is 9.47. The summed E-state index contributed by atoms with van der Waals surface area (Å²) in [6.07, 6.45) is 5.00. The van der Waals surface area contributed by atoms with E-state index in [0.717, 1.165) is 17.9 Å². The fraction of sp³-hybridized carbons (Fsp3) is 0.643. The molecule has 1 unspecified atom stereocenters. The largest absolute Gasteiger partial charge is 0.388 e. The fourth-order valence-corrected chi connectivity index (χ4v) is 2.04. The Bertz CT molecular complexity index is 543. The molecule has 6 nitrogen and oxygen atoms in total. The molecule has 0 fully saturated rings. The molecule has 2 heterocycles. The number of hydrogen-bond donors (Lipinski definition) is 1. The van der Waals surface area contributed by atoms with Gasteiger partial charge in [0.15, 0.2) is 0 Å². The molecule has 0 spiro atoms. The summed E-state index contributed by atoms with van der Waals surface area (Å²) in [4.78, 5) is 4.24. The van der Waals surface area contributed by atoms with Crippen molar-refractivity contribution in [2.75, 3.05) is 0 Å². The van der Waals surface area contributed by atoms with E-state index in [1.165, 1.54) is 0 Å². The minimum Gasteiger partial charge on any atom is -0.388 e. The third kappa shape index (κ3) is 3.45. The summed E-state index contributed by atoms with van der Waals surface area (Å²) in [7, 11) is 0. The van der Waals surface area contributed by atoms with Gasteiger partial charge in [0.2, 0.25) is 0 Å². The predicted octanol–water partition coefficient (Wildman–Crippen LogP) is 1.99. The summed E-state index contributed by atoms with van der Waals surface area (Å²) in [6.45, 7) is 9.20. The second-order valence-electron chi connectivity index (χ2n) is 5.82. The van der Waals surface area contributed by atoms with Gasteiger partial charge in [-0.15, -0.1) is 0 Å². The van der Waals surface area contributed by atoms with Gasteiger partial charge in [-0.1, -0.05) is 13.8 Å². The van der Waals surface area contributed by atoms with Gasteiger partial charge in [0.1, 0.15) is 12.2 Å². The van der Waals surface area contributed by atoms with Crippen molar-refractivity contribution in [3.05, 3.63) is 30.1 Å². The van der Waals surface area contributed by atoms with Crippen LogP contribution in [0, 0.1) is 5.92 Å². The van der Waals surface area contributed by atoms with E-state index in [9.17, 15) is 5.11 Å². The maximum absolute atomic E-state index is 10.3. The third-order valence-corrected chi connectivity index (χ3v) is 3.15. The van der Waals surface area contributed by atoms with Crippen LogP contribution in [0.25, 0.3) is 0 Å². The summed E-state index contributed by atoms with van der Waals surface area (Å²) in [5, 5.41) is 18.8. The van der Waals surface area contributed by atoms with Gasteiger partial charge < -0.3 is 5.11 Å². The molecule has 2 aromatic rings. The summed E-state index contributed by atoms with van der Waals surface area (Å²) in [5.41, 5.74) is 0.817. The third-order valence-electron chi connectivity index (χ3n) is 3.15. The van der Waals surface area contributed by atoms with Crippen LogP contribution >= 0.6 is 0 Å². The van der Waals surface area contributed by atoms with Crippen LogP contribution in [-0.2, 0) is 13.0 Å². The lowest BCUT2D eigenvalue weighted by Crippen LogP contribution is -2.13. The monoisotopic (exact) mass is 277 g/mol. The zero-order valence-electron chi connectivity index (χ0n) is 12.6. The molecule has 110 valence electrons. The van der Waals surface area contributed by atoms with Crippen LogP contribution in [0.15, 0.2) is 18.7 Å².